The van der Waals surface area contributed by atoms with Gasteiger partial charge in [-0.2, -0.15) is 0 Å². The lowest BCUT2D eigenvalue weighted by Gasteiger charge is -2.27. The van der Waals surface area contributed by atoms with Crippen LogP contribution in [0.5, 0.6) is 0 Å². The molecule has 0 amide bonds. The fourth-order valence-corrected chi connectivity index (χ4v) is 1.83. The molecule has 0 spiro atoms. The molecule has 3 unspecified atom stereocenters. The molecule has 1 fully saturated rings. The number of ether oxygens (including phenoxy) is 1. The Morgan fingerprint density at radius 2 is 1.94 bits per heavy atom. The largest absolute Gasteiger partial charge is 0.394 e. The Hall–Kier alpha value is -0.120. The van der Waals surface area contributed by atoms with Crippen molar-refractivity contribution in [3.8, 4) is 0 Å². The van der Waals surface area contributed by atoms with Crippen LogP contribution in [0, 0.1) is 5.92 Å². The van der Waals surface area contributed by atoms with E-state index >= 15 is 0 Å². The SMILES string of the molecule is CC1CCCC(OCC(O)CO)C1.CCC. The van der Waals surface area contributed by atoms with Gasteiger partial charge in [-0.3, -0.25) is 0 Å². The molecule has 0 saturated heterocycles. The number of hydrogen-bond acceptors (Lipinski definition) is 3. The Morgan fingerprint density at radius 3 is 2.44 bits per heavy atom. The monoisotopic (exact) mass is 232 g/mol. The minimum absolute atomic E-state index is 0.206. The first-order chi connectivity index (χ1) is 7.63. The van der Waals surface area contributed by atoms with E-state index in [2.05, 4.69) is 20.8 Å². The summed E-state index contributed by atoms with van der Waals surface area (Å²) in [5.74, 6) is 0.741. The van der Waals surface area contributed by atoms with Gasteiger partial charge < -0.3 is 14.9 Å². The van der Waals surface area contributed by atoms with Crippen molar-refractivity contribution in [3.63, 3.8) is 0 Å². The molecule has 0 bridgehead atoms. The van der Waals surface area contributed by atoms with Gasteiger partial charge in [-0.25, -0.2) is 0 Å². The molecule has 16 heavy (non-hydrogen) atoms. The first-order valence-electron chi connectivity index (χ1n) is 6.54. The first kappa shape index (κ1) is 15.9. The van der Waals surface area contributed by atoms with E-state index in [1.54, 1.807) is 0 Å². The maximum atomic E-state index is 9.08. The van der Waals surface area contributed by atoms with Crippen molar-refractivity contribution >= 4 is 0 Å². The van der Waals surface area contributed by atoms with E-state index in [0.29, 0.717) is 6.10 Å². The molecule has 0 radical (unpaired) electrons. The van der Waals surface area contributed by atoms with E-state index in [1.807, 2.05) is 0 Å². The van der Waals surface area contributed by atoms with Crippen LogP contribution >= 0.6 is 0 Å². The van der Waals surface area contributed by atoms with Gasteiger partial charge in [0.1, 0.15) is 6.10 Å². The van der Waals surface area contributed by atoms with Crippen molar-refractivity contribution in [2.45, 2.75) is 65.1 Å². The second-order valence-corrected chi connectivity index (χ2v) is 4.77. The van der Waals surface area contributed by atoms with Crippen molar-refractivity contribution in [2.75, 3.05) is 13.2 Å². The summed E-state index contributed by atoms with van der Waals surface area (Å²) in [6.45, 7) is 6.55. The molecule has 0 heterocycles. The fraction of sp³-hybridized carbons (Fsp3) is 1.00. The van der Waals surface area contributed by atoms with Gasteiger partial charge in [-0.15, -0.1) is 0 Å². The van der Waals surface area contributed by atoms with E-state index in [0.717, 1.165) is 18.8 Å². The quantitative estimate of drug-likeness (QED) is 0.782. The van der Waals surface area contributed by atoms with Crippen LogP contribution in [0.3, 0.4) is 0 Å². The van der Waals surface area contributed by atoms with Gasteiger partial charge in [0.05, 0.1) is 19.3 Å². The molecular formula is C13H28O3. The number of rotatable bonds is 4. The molecule has 1 aliphatic rings. The van der Waals surface area contributed by atoms with E-state index in [-0.39, 0.29) is 13.2 Å². The molecule has 0 aromatic heterocycles. The third-order valence-corrected chi connectivity index (χ3v) is 2.62. The Bertz CT molecular complexity index is 150. The molecule has 98 valence electrons. The van der Waals surface area contributed by atoms with E-state index in [9.17, 15) is 0 Å². The predicted molar refractivity (Wildman–Crippen MR) is 66.4 cm³/mol. The third-order valence-electron chi connectivity index (χ3n) is 2.62. The smallest absolute Gasteiger partial charge is 0.100 e. The second kappa shape index (κ2) is 10.1. The Balaban J connectivity index is 0.000000673. The van der Waals surface area contributed by atoms with Crippen LogP contribution in [-0.2, 0) is 4.74 Å². The van der Waals surface area contributed by atoms with Crippen molar-refractivity contribution in [1.29, 1.82) is 0 Å². The van der Waals surface area contributed by atoms with Crippen LogP contribution in [-0.4, -0.2) is 35.6 Å². The Labute approximate surface area is 99.8 Å². The topological polar surface area (TPSA) is 49.7 Å². The molecular weight excluding hydrogens is 204 g/mol. The standard InChI is InChI=1S/C10H20O3.C3H8/c1-8-3-2-4-10(5-8)13-7-9(12)6-11;1-3-2/h8-12H,2-7H2,1H3;3H2,1-2H3. The molecule has 1 rings (SSSR count). The molecule has 1 aliphatic carbocycles. The maximum Gasteiger partial charge on any atom is 0.100 e. The maximum absolute atomic E-state index is 9.08. The average Bonchev–Trinajstić information content (AvgIpc) is 2.27. The number of aliphatic hydroxyl groups is 2. The lowest BCUT2D eigenvalue weighted by Crippen LogP contribution is -2.27. The van der Waals surface area contributed by atoms with Crippen molar-refractivity contribution in [3.05, 3.63) is 0 Å². The minimum Gasteiger partial charge on any atom is -0.394 e. The zero-order valence-corrected chi connectivity index (χ0v) is 11.0. The molecule has 0 aliphatic heterocycles. The van der Waals surface area contributed by atoms with Crippen LogP contribution in [0.25, 0.3) is 0 Å². The summed E-state index contributed by atoms with van der Waals surface area (Å²) in [6, 6.07) is 0. The van der Waals surface area contributed by atoms with Crippen molar-refractivity contribution < 1.29 is 14.9 Å². The molecule has 3 atom stereocenters. The fourth-order valence-electron chi connectivity index (χ4n) is 1.83. The van der Waals surface area contributed by atoms with Gasteiger partial charge in [0.25, 0.3) is 0 Å². The molecule has 0 aromatic carbocycles. The summed E-state index contributed by atoms with van der Waals surface area (Å²) in [5.41, 5.74) is 0. The molecule has 3 nitrogen and oxygen atoms in total. The summed E-state index contributed by atoms with van der Waals surface area (Å²) in [6.07, 6.45) is 5.55. The molecule has 0 aromatic rings. The Morgan fingerprint density at radius 1 is 1.31 bits per heavy atom. The van der Waals surface area contributed by atoms with E-state index in [1.165, 1.54) is 19.3 Å². The summed E-state index contributed by atoms with van der Waals surface area (Å²) >= 11 is 0. The second-order valence-electron chi connectivity index (χ2n) is 4.77. The van der Waals surface area contributed by atoms with Crippen molar-refractivity contribution in [1.82, 2.24) is 0 Å². The van der Waals surface area contributed by atoms with Crippen LogP contribution in [0.15, 0.2) is 0 Å². The number of aliphatic hydroxyl groups excluding tert-OH is 2. The third kappa shape index (κ3) is 8.08. The van der Waals surface area contributed by atoms with Gasteiger partial charge in [0.15, 0.2) is 0 Å². The van der Waals surface area contributed by atoms with E-state index < -0.39 is 6.10 Å². The van der Waals surface area contributed by atoms with Crippen molar-refractivity contribution in [2.24, 2.45) is 5.92 Å². The highest BCUT2D eigenvalue weighted by atomic mass is 16.5. The molecule has 2 N–H and O–H groups in total. The normalized spacial score (nSPS) is 26.8. The van der Waals surface area contributed by atoms with E-state index in [4.69, 9.17) is 14.9 Å². The highest BCUT2D eigenvalue weighted by molar-refractivity contribution is 4.70. The summed E-state index contributed by atoms with van der Waals surface area (Å²) in [5, 5.41) is 17.7. The van der Waals surface area contributed by atoms with Gasteiger partial charge in [0.2, 0.25) is 0 Å². The first-order valence-corrected chi connectivity index (χ1v) is 6.54. The lowest BCUT2D eigenvalue weighted by atomic mass is 9.89. The van der Waals surface area contributed by atoms with Gasteiger partial charge in [-0.05, 0) is 18.8 Å². The summed E-state index contributed by atoms with van der Waals surface area (Å²) in [4.78, 5) is 0. The highest BCUT2D eigenvalue weighted by Crippen LogP contribution is 2.25. The zero-order valence-electron chi connectivity index (χ0n) is 11.0. The van der Waals surface area contributed by atoms with Crippen LogP contribution in [0.4, 0.5) is 0 Å². The Kier molecular flexibility index (Phi) is 9.99. The summed E-state index contributed by atoms with van der Waals surface area (Å²) < 4.78 is 5.50. The van der Waals surface area contributed by atoms with Crippen LogP contribution < -0.4 is 0 Å². The lowest BCUT2D eigenvalue weighted by molar-refractivity contribution is -0.0456. The summed E-state index contributed by atoms with van der Waals surface area (Å²) in [7, 11) is 0. The average molecular weight is 232 g/mol. The number of hydrogen-bond donors (Lipinski definition) is 2. The zero-order chi connectivity index (χ0) is 12.4. The van der Waals surface area contributed by atoms with Crippen LogP contribution in [0.2, 0.25) is 0 Å². The minimum atomic E-state index is -0.711. The van der Waals surface area contributed by atoms with Gasteiger partial charge in [0, 0.05) is 0 Å². The molecule has 1 saturated carbocycles. The van der Waals surface area contributed by atoms with Gasteiger partial charge in [-0.1, -0.05) is 40.0 Å². The molecule has 3 heteroatoms. The van der Waals surface area contributed by atoms with Gasteiger partial charge >= 0.3 is 0 Å². The predicted octanol–water partition coefficient (Wildman–Crippen LogP) is 2.35. The van der Waals surface area contributed by atoms with Crippen LogP contribution in [0.1, 0.15) is 52.9 Å². The highest BCUT2D eigenvalue weighted by Gasteiger charge is 2.19.